The second kappa shape index (κ2) is 8.96. The number of nitrogens with zero attached hydrogens (tertiary/aromatic N) is 1. The fraction of sp³-hybridized carbons (Fsp3) is 0.625. The normalized spacial score (nSPS) is 13.9. The van der Waals surface area contributed by atoms with Crippen molar-refractivity contribution in [1.82, 2.24) is 10.3 Å². The van der Waals surface area contributed by atoms with Gasteiger partial charge in [0, 0.05) is 19.3 Å². The second-order valence-electron chi connectivity index (χ2n) is 5.44. The van der Waals surface area contributed by atoms with E-state index < -0.39 is 0 Å². The second-order valence-corrected chi connectivity index (χ2v) is 5.85. The van der Waals surface area contributed by atoms with Gasteiger partial charge in [0.15, 0.2) is 0 Å². The first-order chi connectivity index (χ1) is 10.7. The smallest absolute Gasteiger partial charge is 0.307 e. The molecule has 0 aliphatic heterocycles. The Bertz CT molecular complexity index is 492. The highest BCUT2D eigenvalue weighted by Crippen LogP contribution is 2.32. The third kappa shape index (κ3) is 6.20. The summed E-state index contributed by atoms with van der Waals surface area (Å²) in [5.41, 5.74) is 0.961. The van der Waals surface area contributed by atoms with Gasteiger partial charge in [-0.25, -0.2) is 4.98 Å². The molecule has 0 atom stereocenters. The minimum absolute atomic E-state index is 0.189. The molecule has 0 radical (unpaired) electrons. The number of carbonyl (C=O) groups is 1. The quantitative estimate of drug-likeness (QED) is 0.529. The van der Waals surface area contributed by atoms with Crippen molar-refractivity contribution in [2.45, 2.75) is 39.2 Å². The minimum atomic E-state index is -0.189. The number of esters is 1. The fourth-order valence-electron chi connectivity index (χ4n) is 2.05. The molecule has 1 heterocycles. The van der Waals surface area contributed by atoms with E-state index in [1.807, 2.05) is 6.07 Å². The lowest BCUT2D eigenvalue weighted by molar-refractivity contribution is -0.142. The molecular weight excluding hydrogens is 304 g/mol. The summed E-state index contributed by atoms with van der Waals surface area (Å²) in [6, 6.07) is 1.85. The van der Waals surface area contributed by atoms with Crippen LogP contribution < -0.4 is 10.1 Å². The molecule has 1 aliphatic carbocycles. The number of rotatable bonds is 10. The topological polar surface area (TPSA) is 60.5 Å². The van der Waals surface area contributed by atoms with Crippen LogP contribution in [0.4, 0.5) is 0 Å². The standard InChI is InChI=1S/C16H23ClN2O3/c1-2-21-15(20)5-7-18-10-13-9-14(17)16(19-11-13)22-8-6-12-3-4-12/h9,11-12,18H,2-8,10H2,1H3. The molecule has 1 N–H and O–H groups in total. The summed E-state index contributed by atoms with van der Waals surface area (Å²) in [5.74, 6) is 1.14. The molecule has 1 fully saturated rings. The van der Waals surface area contributed by atoms with Gasteiger partial charge in [0.05, 0.1) is 19.6 Å². The van der Waals surface area contributed by atoms with E-state index in [0.717, 1.165) is 17.9 Å². The van der Waals surface area contributed by atoms with Crippen LogP contribution in [-0.2, 0) is 16.1 Å². The van der Waals surface area contributed by atoms with Crippen LogP contribution in [-0.4, -0.2) is 30.7 Å². The Hall–Kier alpha value is -1.33. The monoisotopic (exact) mass is 326 g/mol. The first-order valence-corrected chi connectivity index (χ1v) is 8.20. The highest BCUT2D eigenvalue weighted by Gasteiger charge is 2.21. The number of halogens is 1. The number of hydrogen-bond acceptors (Lipinski definition) is 5. The first kappa shape index (κ1) is 17.0. The summed E-state index contributed by atoms with van der Waals surface area (Å²) in [4.78, 5) is 15.4. The molecule has 0 amide bonds. The summed E-state index contributed by atoms with van der Waals surface area (Å²) < 4.78 is 10.5. The lowest BCUT2D eigenvalue weighted by Gasteiger charge is -2.09. The van der Waals surface area contributed by atoms with Crippen LogP contribution in [0, 0.1) is 5.92 Å². The Balaban J connectivity index is 1.68. The van der Waals surface area contributed by atoms with Gasteiger partial charge < -0.3 is 14.8 Å². The van der Waals surface area contributed by atoms with Gasteiger partial charge in [0.25, 0.3) is 0 Å². The maximum Gasteiger partial charge on any atom is 0.307 e. The minimum Gasteiger partial charge on any atom is -0.477 e. The van der Waals surface area contributed by atoms with Crippen molar-refractivity contribution in [1.29, 1.82) is 0 Å². The molecule has 1 aromatic rings. The van der Waals surface area contributed by atoms with E-state index in [9.17, 15) is 4.79 Å². The maximum atomic E-state index is 11.2. The molecule has 22 heavy (non-hydrogen) atoms. The summed E-state index contributed by atoms with van der Waals surface area (Å²) in [6.45, 7) is 4.06. The van der Waals surface area contributed by atoms with Crippen molar-refractivity contribution in [2.24, 2.45) is 5.92 Å². The maximum absolute atomic E-state index is 11.2. The van der Waals surface area contributed by atoms with Gasteiger partial charge in [-0.05, 0) is 30.9 Å². The molecule has 0 unspecified atom stereocenters. The van der Waals surface area contributed by atoms with Gasteiger partial charge in [-0.15, -0.1) is 0 Å². The predicted molar refractivity (Wildman–Crippen MR) is 85.0 cm³/mol. The molecule has 5 nitrogen and oxygen atoms in total. The lowest BCUT2D eigenvalue weighted by Crippen LogP contribution is -2.19. The molecule has 0 bridgehead atoms. The van der Waals surface area contributed by atoms with Gasteiger partial charge in [0.2, 0.25) is 5.88 Å². The molecule has 122 valence electrons. The largest absolute Gasteiger partial charge is 0.477 e. The van der Waals surface area contributed by atoms with Gasteiger partial charge in [0.1, 0.15) is 5.02 Å². The Morgan fingerprint density at radius 1 is 1.50 bits per heavy atom. The first-order valence-electron chi connectivity index (χ1n) is 7.82. The molecule has 1 aliphatic rings. The van der Waals surface area contributed by atoms with Crippen LogP contribution in [0.1, 0.15) is 38.2 Å². The zero-order valence-corrected chi connectivity index (χ0v) is 13.7. The highest BCUT2D eigenvalue weighted by atomic mass is 35.5. The van der Waals surface area contributed by atoms with Crippen molar-refractivity contribution in [3.8, 4) is 5.88 Å². The summed E-state index contributed by atoms with van der Waals surface area (Å²) >= 11 is 6.18. The fourth-order valence-corrected chi connectivity index (χ4v) is 2.30. The Labute approximate surface area is 136 Å². The highest BCUT2D eigenvalue weighted by molar-refractivity contribution is 6.31. The van der Waals surface area contributed by atoms with Crippen LogP contribution in [0.15, 0.2) is 12.3 Å². The molecular formula is C16H23ClN2O3. The van der Waals surface area contributed by atoms with Crippen molar-refractivity contribution >= 4 is 17.6 Å². The molecule has 0 saturated heterocycles. The SMILES string of the molecule is CCOC(=O)CCNCc1cnc(OCCC2CC2)c(Cl)c1. The number of nitrogens with one attached hydrogen (secondary N) is 1. The van der Waals surface area contributed by atoms with Crippen LogP contribution in [0.25, 0.3) is 0 Å². The van der Waals surface area contributed by atoms with Crippen molar-refractivity contribution < 1.29 is 14.3 Å². The van der Waals surface area contributed by atoms with Crippen LogP contribution >= 0.6 is 11.6 Å². The number of ether oxygens (including phenoxy) is 2. The zero-order valence-electron chi connectivity index (χ0n) is 12.9. The Kier molecular flexibility index (Phi) is 6.93. The van der Waals surface area contributed by atoms with Crippen molar-refractivity contribution in [2.75, 3.05) is 19.8 Å². The third-order valence-corrected chi connectivity index (χ3v) is 3.74. The van der Waals surface area contributed by atoms with E-state index in [0.29, 0.717) is 43.6 Å². The van der Waals surface area contributed by atoms with E-state index in [-0.39, 0.29) is 5.97 Å². The third-order valence-electron chi connectivity index (χ3n) is 3.47. The van der Waals surface area contributed by atoms with Gasteiger partial charge in [-0.3, -0.25) is 4.79 Å². The molecule has 0 spiro atoms. The van der Waals surface area contributed by atoms with Crippen molar-refractivity contribution in [3.63, 3.8) is 0 Å². The number of hydrogen-bond donors (Lipinski definition) is 1. The van der Waals surface area contributed by atoms with Crippen LogP contribution in [0.3, 0.4) is 0 Å². The van der Waals surface area contributed by atoms with Crippen LogP contribution in [0.2, 0.25) is 5.02 Å². The predicted octanol–water partition coefficient (Wildman–Crippen LogP) is 2.96. The summed E-state index contributed by atoms with van der Waals surface area (Å²) in [6.07, 6.45) is 5.82. The number of carbonyl (C=O) groups excluding carboxylic acids is 1. The molecule has 0 aromatic carbocycles. The van der Waals surface area contributed by atoms with Gasteiger partial charge in [-0.2, -0.15) is 0 Å². The summed E-state index contributed by atoms with van der Waals surface area (Å²) in [7, 11) is 0. The Morgan fingerprint density at radius 2 is 2.32 bits per heavy atom. The average molecular weight is 327 g/mol. The van der Waals surface area contributed by atoms with E-state index in [1.54, 1.807) is 13.1 Å². The average Bonchev–Trinajstić information content (AvgIpc) is 3.30. The van der Waals surface area contributed by atoms with E-state index >= 15 is 0 Å². The molecule has 2 rings (SSSR count). The zero-order chi connectivity index (χ0) is 15.8. The van der Waals surface area contributed by atoms with E-state index in [4.69, 9.17) is 21.1 Å². The van der Waals surface area contributed by atoms with E-state index in [1.165, 1.54) is 12.8 Å². The van der Waals surface area contributed by atoms with Gasteiger partial charge in [-0.1, -0.05) is 24.4 Å². The van der Waals surface area contributed by atoms with E-state index in [2.05, 4.69) is 10.3 Å². The molecule has 1 aromatic heterocycles. The number of aromatic nitrogens is 1. The molecule has 6 heteroatoms. The van der Waals surface area contributed by atoms with Crippen molar-refractivity contribution in [3.05, 3.63) is 22.8 Å². The lowest BCUT2D eigenvalue weighted by atomic mass is 10.2. The molecule has 1 saturated carbocycles. The van der Waals surface area contributed by atoms with Crippen LogP contribution in [0.5, 0.6) is 5.88 Å². The summed E-state index contributed by atoms with van der Waals surface area (Å²) in [5, 5.41) is 3.69. The Morgan fingerprint density at radius 3 is 3.00 bits per heavy atom. The number of pyridine rings is 1. The van der Waals surface area contributed by atoms with Gasteiger partial charge >= 0.3 is 5.97 Å².